The van der Waals surface area contributed by atoms with Gasteiger partial charge in [0.1, 0.15) is 5.82 Å². The van der Waals surface area contributed by atoms with Crippen molar-refractivity contribution in [3.63, 3.8) is 0 Å². The van der Waals surface area contributed by atoms with Crippen molar-refractivity contribution in [2.75, 3.05) is 24.5 Å². The smallest absolute Gasteiger partial charge is 0.280 e. The Morgan fingerprint density at radius 2 is 1.90 bits per heavy atom. The number of carbonyl (C=O) groups excluding carboxylic acids is 2. The van der Waals surface area contributed by atoms with Gasteiger partial charge in [-0.25, -0.2) is 9.97 Å². The summed E-state index contributed by atoms with van der Waals surface area (Å²) in [5, 5.41) is 9.10. The molecule has 8 nitrogen and oxygen atoms in total. The molecule has 1 saturated heterocycles. The van der Waals surface area contributed by atoms with E-state index in [0.717, 1.165) is 66.0 Å². The first-order valence-electron chi connectivity index (χ1n) is 13.9. The van der Waals surface area contributed by atoms with Gasteiger partial charge >= 0.3 is 0 Å². The zero-order chi connectivity index (χ0) is 29.1. The van der Waals surface area contributed by atoms with Crippen LogP contribution >= 0.6 is 34.5 Å². The Morgan fingerprint density at radius 3 is 2.61 bits per heavy atom. The van der Waals surface area contributed by atoms with Crippen LogP contribution < -0.4 is 15.5 Å². The molecule has 1 fully saturated rings. The molecule has 41 heavy (non-hydrogen) atoms. The molecule has 0 saturated carbocycles. The maximum Gasteiger partial charge on any atom is 0.280 e. The van der Waals surface area contributed by atoms with E-state index in [4.69, 9.17) is 28.2 Å². The first-order chi connectivity index (χ1) is 19.8. The largest absolute Gasteiger partial charge is 0.371 e. The molecule has 0 radical (unpaired) electrons. The highest BCUT2D eigenvalue weighted by atomic mass is 35.5. The number of nitrogens with one attached hydrogen (secondary N) is 2. The van der Waals surface area contributed by atoms with Crippen LogP contribution in [0.15, 0.2) is 35.8 Å². The lowest BCUT2D eigenvalue weighted by Gasteiger charge is -2.33. The summed E-state index contributed by atoms with van der Waals surface area (Å²) in [7, 11) is 1.98. The predicted octanol–water partition coefficient (Wildman–Crippen LogP) is 6.23. The van der Waals surface area contributed by atoms with Gasteiger partial charge in [-0.05, 0) is 54.5 Å². The molecule has 0 spiro atoms. The van der Waals surface area contributed by atoms with E-state index in [1.54, 1.807) is 17.6 Å². The van der Waals surface area contributed by atoms with Crippen LogP contribution in [0.5, 0.6) is 0 Å². The summed E-state index contributed by atoms with van der Waals surface area (Å²) in [5.41, 5.74) is 4.78. The van der Waals surface area contributed by atoms with Crippen LogP contribution in [0.25, 0.3) is 11.0 Å². The second-order valence-electron chi connectivity index (χ2n) is 10.6. The summed E-state index contributed by atoms with van der Waals surface area (Å²) in [5.74, 6) is 1.13. The number of fused-ring (bicyclic) bond motifs is 1. The van der Waals surface area contributed by atoms with Gasteiger partial charge in [0, 0.05) is 56.2 Å². The van der Waals surface area contributed by atoms with Crippen LogP contribution in [0.2, 0.25) is 10.0 Å². The highest BCUT2D eigenvalue weighted by Gasteiger charge is 2.24. The minimum Gasteiger partial charge on any atom is -0.371 e. The zero-order valence-corrected chi connectivity index (χ0v) is 25.8. The molecule has 0 bridgehead atoms. The SMILES string of the molecule is CCCNC(=O)c1cc2nc(Cc3c(Cl)ccc(CNC(=O)c4nccs4)c3Cl)n(C)c2cc1N1CCC(C)CC1. The minimum atomic E-state index is -0.249. The van der Waals surface area contributed by atoms with E-state index >= 15 is 0 Å². The number of hydrogen-bond donors (Lipinski definition) is 2. The number of rotatable bonds is 9. The maximum absolute atomic E-state index is 13.2. The summed E-state index contributed by atoms with van der Waals surface area (Å²) in [4.78, 5) is 36.9. The summed E-state index contributed by atoms with van der Waals surface area (Å²) in [6, 6.07) is 7.61. The minimum absolute atomic E-state index is 0.0758. The molecule has 4 aromatic rings. The molecule has 1 aliphatic rings. The molecule has 2 aromatic heterocycles. The van der Waals surface area contributed by atoms with E-state index in [1.807, 2.05) is 30.7 Å². The molecule has 5 rings (SSSR count). The van der Waals surface area contributed by atoms with Gasteiger partial charge in [-0.2, -0.15) is 0 Å². The number of carbonyl (C=O) groups is 2. The van der Waals surface area contributed by atoms with Crippen LogP contribution in [0.4, 0.5) is 5.69 Å². The fourth-order valence-electron chi connectivity index (χ4n) is 5.15. The zero-order valence-electron chi connectivity index (χ0n) is 23.5. The number of imidazole rings is 1. The van der Waals surface area contributed by atoms with Crippen LogP contribution in [0.1, 0.15) is 70.2 Å². The van der Waals surface area contributed by atoms with E-state index in [9.17, 15) is 9.59 Å². The Morgan fingerprint density at radius 1 is 1.12 bits per heavy atom. The van der Waals surface area contributed by atoms with Crippen LogP contribution in [-0.2, 0) is 20.0 Å². The van der Waals surface area contributed by atoms with Crippen molar-refractivity contribution >= 4 is 63.1 Å². The van der Waals surface area contributed by atoms with Gasteiger partial charge in [-0.3, -0.25) is 9.59 Å². The predicted molar refractivity (Wildman–Crippen MR) is 167 cm³/mol. The number of aromatic nitrogens is 3. The van der Waals surface area contributed by atoms with E-state index in [2.05, 4.69) is 33.5 Å². The van der Waals surface area contributed by atoms with E-state index in [-0.39, 0.29) is 18.4 Å². The molecule has 0 atom stereocenters. The Hall–Kier alpha value is -3.14. The number of thiazole rings is 1. The Bertz CT molecular complexity index is 1560. The van der Waals surface area contributed by atoms with Gasteiger partial charge < -0.3 is 20.1 Å². The van der Waals surface area contributed by atoms with Crippen molar-refractivity contribution in [3.05, 3.63) is 73.4 Å². The van der Waals surface area contributed by atoms with Crippen LogP contribution in [0.3, 0.4) is 0 Å². The summed E-state index contributed by atoms with van der Waals surface area (Å²) < 4.78 is 2.04. The van der Waals surface area contributed by atoms with Crippen LogP contribution in [0, 0.1) is 5.92 Å². The fourth-order valence-corrected chi connectivity index (χ4v) is 6.27. The normalized spacial score (nSPS) is 14.0. The highest BCUT2D eigenvalue weighted by Crippen LogP contribution is 2.34. The van der Waals surface area contributed by atoms with E-state index < -0.39 is 0 Å². The number of amides is 2. The van der Waals surface area contributed by atoms with Crippen molar-refractivity contribution in [2.24, 2.45) is 13.0 Å². The Balaban J connectivity index is 1.46. The summed E-state index contributed by atoms with van der Waals surface area (Å²) in [6.45, 7) is 7.03. The number of benzene rings is 2. The number of hydrogen-bond acceptors (Lipinski definition) is 6. The molecule has 11 heteroatoms. The van der Waals surface area contributed by atoms with Crippen molar-refractivity contribution < 1.29 is 9.59 Å². The molecule has 216 valence electrons. The maximum atomic E-state index is 13.2. The van der Waals surface area contributed by atoms with Gasteiger partial charge in [0.25, 0.3) is 11.8 Å². The fraction of sp³-hybridized carbons (Fsp3) is 0.400. The number of aryl methyl sites for hydroxylation is 1. The van der Waals surface area contributed by atoms with E-state index in [1.165, 1.54) is 11.3 Å². The molecule has 2 aromatic carbocycles. The lowest BCUT2D eigenvalue weighted by atomic mass is 9.97. The van der Waals surface area contributed by atoms with Gasteiger partial charge in [-0.1, -0.05) is 43.1 Å². The van der Waals surface area contributed by atoms with Crippen molar-refractivity contribution in [2.45, 2.75) is 46.1 Å². The van der Waals surface area contributed by atoms with Gasteiger partial charge in [0.2, 0.25) is 0 Å². The van der Waals surface area contributed by atoms with Crippen LogP contribution in [-0.4, -0.2) is 46.0 Å². The van der Waals surface area contributed by atoms with Gasteiger partial charge in [0.15, 0.2) is 5.01 Å². The highest BCUT2D eigenvalue weighted by molar-refractivity contribution is 7.11. The average molecular weight is 614 g/mol. The lowest BCUT2D eigenvalue weighted by Crippen LogP contribution is -2.35. The molecular formula is C30H34Cl2N6O2S. The number of nitrogens with zero attached hydrogens (tertiary/aromatic N) is 4. The quantitative estimate of drug-likeness (QED) is 0.234. The van der Waals surface area contributed by atoms with E-state index in [0.29, 0.717) is 39.5 Å². The number of anilines is 1. The summed E-state index contributed by atoms with van der Waals surface area (Å²) in [6.07, 6.45) is 5.06. The molecule has 2 N–H and O–H groups in total. The first kappa shape index (κ1) is 29.4. The standard InChI is InChI=1S/C30H34Cl2N6O2S/c1-4-9-33-28(39)21-14-23-25(16-24(21)38-11-7-18(2)8-12-38)37(3)26(36-23)15-20-22(31)6-5-19(27(20)32)17-35-29(40)30-34-10-13-41-30/h5-6,10,13-14,16,18H,4,7-9,11-12,15,17H2,1-3H3,(H,33,39)(H,35,40). The van der Waals surface area contributed by atoms with Gasteiger partial charge in [-0.15, -0.1) is 11.3 Å². The first-order valence-corrected chi connectivity index (χ1v) is 15.6. The second-order valence-corrected chi connectivity index (χ2v) is 12.2. The third-order valence-corrected chi connectivity index (χ3v) is 9.26. The number of piperidine rings is 1. The molecule has 1 aliphatic heterocycles. The average Bonchev–Trinajstić information content (AvgIpc) is 3.62. The Labute approximate surface area is 254 Å². The topological polar surface area (TPSA) is 92.1 Å². The summed E-state index contributed by atoms with van der Waals surface area (Å²) >= 11 is 14.7. The second kappa shape index (κ2) is 12.8. The van der Waals surface area contributed by atoms with Crippen molar-refractivity contribution in [1.29, 1.82) is 0 Å². The van der Waals surface area contributed by atoms with Crippen molar-refractivity contribution in [1.82, 2.24) is 25.2 Å². The third kappa shape index (κ3) is 6.37. The molecule has 0 aliphatic carbocycles. The molecule has 3 heterocycles. The molecule has 2 amide bonds. The number of halogens is 2. The monoisotopic (exact) mass is 612 g/mol. The van der Waals surface area contributed by atoms with Gasteiger partial charge in [0.05, 0.1) is 27.3 Å². The molecular weight excluding hydrogens is 579 g/mol. The molecule has 0 unspecified atom stereocenters. The van der Waals surface area contributed by atoms with Crippen molar-refractivity contribution in [3.8, 4) is 0 Å². The lowest BCUT2D eigenvalue weighted by molar-refractivity contribution is 0.0944. The Kier molecular flexibility index (Phi) is 9.16. The third-order valence-electron chi connectivity index (χ3n) is 7.66.